The summed E-state index contributed by atoms with van der Waals surface area (Å²) in [5.41, 5.74) is 0.938. The van der Waals surface area contributed by atoms with Gasteiger partial charge in [-0.3, -0.25) is 4.79 Å². The minimum atomic E-state index is -0.188. The molecule has 0 atom stereocenters. The molecule has 2 N–H and O–H groups in total. The maximum Gasteiger partial charge on any atom is 0.262 e. The molecule has 2 aromatic rings. The van der Waals surface area contributed by atoms with Crippen LogP contribution in [0.15, 0.2) is 48.7 Å². The van der Waals surface area contributed by atoms with Gasteiger partial charge < -0.3 is 15.4 Å². The summed E-state index contributed by atoms with van der Waals surface area (Å²) >= 11 is 0. The van der Waals surface area contributed by atoms with Gasteiger partial charge in [-0.15, -0.1) is 0 Å². The van der Waals surface area contributed by atoms with Crippen molar-refractivity contribution in [3.63, 3.8) is 0 Å². The fraction of sp³-hybridized carbons (Fsp3) is 0.478. The first-order valence-corrected chi connectivity index (χ1v) is 10.4. The number of hydrogen-bond donors (Lipinski definition) is 2. The number of benzene rings is 1. The Hall–Kier alpha value is -2.56. The zero-order valence-electron chi connectivity index (χ0n) is 16.1. The van der Waals surface area contributed by atoms with Crippen LogP contribution in [0.1, 0.15) is 38.5 Å². The number of aromatic nitrogens is 1. The number of pyridine rings is 1. The number of anilines is 2. The van der Waals surface area contributed by atoms with Gasteiger partial charge in [-0.2, -0.15) is 0 Å². The van der Waals surface area contributed by atoms with Gasteiger partial charge in [0.15, 0.2) is 6.61 Å². The zero-order valence-corrected chi connectivity index (χ0v) is 16.1. The van der Waals surface area contributed by atoms with Crippen molar-refractivity contribution >= 4 is 17.4 Å². The lowest BCUT2D eigenvalue weighted by molar-refractivity contribution is -0.118. The van der Waals surface area contributed by atoms with Gasteiger partial charge in [0, 0.05) is 5.54 Å². The number of amides is 1. The van der Waals surface area contributed by atoms with Gasteiger partial charge in [-0.1, -0.05) is 18.2 Å². The van der Waals surface area contributed by atoms with E-state index < -0.39 is 0 Å². The Balaban J connectivity index is 1.16. The highest BCUT2D eigenvalue weighted by molar-refractivity contribution is 5.91. The number of rotatable bonds is 6. The minimum absolute atomic E-state index is 0.0166. The van der Waals surface area contributed by atoms with Crippen LogP contribution in [0, 0.1) is 17.8 Å². The smallest absolute Gasteiger partial charge is 0.262 e. The molecule has 4 aliphatic rings. The monoisotopic (exact) mass is 377 g/mol. The van der Waals surface area contributed by atoms with Crippen molar-refractivity contribution in [1.29, 1.82) is 0 Å². The molecule has 6 rings (SSSR count). The molecule has 0 saturated heterocycles. The molecule has 4 bridgehead atoms. The quantitative estimate of drug-likeness (QED) is 0.779. The van der Waals surface area contributed by atoms with Crippen molar-refractivity contribution in [3.8, 4) is 5.75 Å². The Morgan fingerprint density at radius 1 is 1.00 bits per heavy atom. The molecule has 1 aromatic carbocycles. The Morgan fingerprint density at radius 3 is 2.29 bits per heavy atom. The van der Waals surface area contributed by atoms with Gasteiger partial charge in [-0.25, -0.2) is 4.98 Å². The summed E-state index contributed by atoms with van der Waals surface area (Å²) in [5, 5.41) is 6.61. The second-order valence-corrected chi connectivity index (χ2v) is 8.90. The van der Waals surface area contributed by atoms with Crippen LogP contribution in [0.3, 0.4) is 0 Å². The van der Waals surface area contributed by atoms with Gasteiger partial charge in [0.1, 0.15) is 11.6 Å². The summed E-state index contributed by atoms with van der Waals surface area (Å²) in [5.74, 6) is 4.13. The third-order valence-corrected chi connectivity index (χ3v) is 6.59. The van der Waals surface area contributed by atoms with Crippen LogP contribution in [0.4, 0.5) is 11.5 Å². The number of nitrogens with one attached hydrogen (secondary N) is 2. The molecule has 1 heterocycles. The molecule has 146 valence electrons. The second-order valence-electron chi connectivity index (χ2n) is 8.90. The van der Waals surface area contributed by atoms with E-state index in [1.165, 1.54) is 38.5 Å². The molecule has 4 aliphatic carbocycles. The minimum Gasteiger partial charge on any atom is -0.484 e. The highest BCUT2D eigenvalue weighted by atomic mass is 16.5. The zero-order chi connectivity index (χ0) is 19.0. The Bertz CT molecular complexity index is 799. The summed E-state index contributed by atoms with van der Waals surface area (Å²) in [6.07, 6.45) is 9.89. The lowest BCUT2D eigenvalue weighted by Gasteiger charge is -2.57. The number of para-hydroxylation sites is 1. The first-order chi connectivity index (χ1) is 13.7. The third-order valence-electron chi connectivity index (χ3n) is 6.59. The highest BCUT2D eigenvalue weighted by Gasteiger charge is 2.51. The van der Waals surface area contributed by atoms with Crippen LogP contribution in [-0.2, 0) is 4.79 Å². The normalized spacial score (nSPS) is 30.1. The number of nitrogens with zero attached hydrogens (tertiary/aromatic N) is 1. The molecule has 0 aliphatic heterocycles. The van der Waals surface area contributed by atoms with E-state index >= 15 is 0 Å². The third kappa shape index (κ3) is 3.71. The van der Waals surface area contributed by atoms with E-state index in [9.17, 15) is 4.79 Å². The SMILES string of the molecule is O=C(COc1ccccc1)Nc1ccc(NC23CC4CC(CC(C4)C2)C3)nc1. The number of hydrogen-bond acceptors (Lipinski definition) is 4. The number of carbonyl (C=O) groups is 1. The van der Waals surface area contributed by atoms with Gasteiger partial charge in [0.05, 0.1) is 11.9 Å². The van der Waals surface area contributed by atoms with Crippen LogP contribution < -0.4 is 15.4 Å². The van der Waals surface area contributed by atoms with E-state index in [0.29, 0.717) is 11.4 Å². The maximum atomic E-state index is 12.1. The van der Waals surface area contributed by atoms with E-state index in [1.54, 1.807) is 6.20 Å². The molecule has 0 unspecified atom stereocenters. The van der Waals surface area contributed by atoms with Gasteiger partial charge in [0.2, 0.25) is 0 Å². The van der Waals surface area contributed by atoms with Crippen LogP contribution in [0.5, 0.6) is 5.75 Å². The van der Waals surface area contributed by atoms with E-state index in [2.05, 4.69) is 15.6 Å². The molecule has 5 heteroatoms. The number of ether oxygens (including phenoxy) is 1. The molecule has 0 spiro atoms. The van der Waals surface area contributed by atoms with Gasteiger partial charge in [-0.05, 0) is 80.5 Å². The Morgan fingerprint density at radius 2 is 1.68 bits per heavy atom. The maximum absolute atomic E-state index is 12.1. The molecular weight excluding hydrogens is 350 g/mol. The van der Waals surface area contributed by atoms with Crippen molar-refractivity contribution in [2.24, 2.45) is 17.8 Å². The summed E-state index contributed by atoms with van der Waals surface area (Å²) in [6, 6.07) is 13.2. The van der Waals surface area contributed by atoms with Crippen LogP contribution in [-0.4, -0.2) is 23.0 Å². The van der Waals surface area contributed by atoms with Crippen molar-refractivity contribution in [2.75, 3.05) is 17.2 Å². The van der Waals surface area contributed by atoms with Crippen LogP contribution in [0.25, 0.3) is 0 Å². The van der Waals surface area contributed by atoms with E-state index in [0.717, 1.165) is 23.6 Å². The van der Waals surface area contributed by atoms with Crippen LogP contribution >= 0.6 is 0 Å². The summed E-state index contributed by atoms with van der Waals surface area (Å²) in [7, 11) is 0. The van der Waals surface area contributed by atoms with Crippen molar-refractivity contribution in [1.82, 2.24) is 4.98 Å². The fourth-order valence-electron chi connectivity index (χ4n) is 5.94. The van der Waals surface area contributed by atoms with Crippen molar-refractivity contribution in [2.45, 2.75) is 44.1 Å². The molecule has 1 amide bonds. The number of carbonyl (C=O) groups excluding carboxylic acids is 1. The predicted octanol–water partition coefficient (Wildman–Crippen LogP) is 4.48. The topological polar surface area (TPSA) is 63.2 Å². The lowest BCUT2D eigenvalue weighted by atomic mass is 9.53. The van der Waals surface area contributed by atoms with Crippen LogP contribution in [0.2, 0.25) is 0 Å². The Labute approximate surface area is 165 Å². The molecular formula is C23H27N3O2. The largest absolute Gasteiger partial charge is 0.484 e. The van der Waals surface area contributed by atoms with Crippen molar-refractivity contribution in [3.05, 3.63) is 48.7 Å². The average Bonchev–Trinajstić information content (AvgIpc) is 2.67. The standard InChI is InChI=1S/C23H27N3O2/c27-22(15-28-20-4-2-1-3-5-20)25-19-6-7-21(24-14-19)26-23-11-16-8-17(12-23)10-18(9-16)13-23/h1-7,14,16-18H,8-13,15H2,(H,24,26)(H,25,27). The molecule has 0 radical (unpaired) electrons. The lowest BCUT2D eigenvalue weighted by Crippen LogP contribution is -2.54. The van der Waals surface area contributed by atoms with E-state index in [4.69, 9.17) is 4.74 Å². The Kier molecular flexibility index (Phi) is 4.46. The predicted molar refractivity (Wildman–Crippen MR) is 109 cm³/mol. The highest BCUT2D eigenvalue weighted by Crippen LogP contribution is 2.56. The summed E-state index contributed by atoms with van der Waals surface area (Å²) in [4.78, 5) is 16.6. The van der Waals surface area contributed by atoms with Gasteiger partial charge in [0.25, 0.3) is 5.91 Å². The molecule has 5 nitrogen and oxygen atoms in total. The van der Waals surface area contributed by atoms with E-state index in [1.807, 2.05) is 42.5 Å². The molecule has 4 saturated carbocycles. The first-order valence-electron chi connectivity index (χ1n) is 10.4. The molecule has 1 aromatic heterocycles. The molecule has 4 fully saturated rings. The summed E-state index contributed by atoms with van der Waals surface area (Å²) < 4.78 is 5.48. The first kappa shape index (κ1) is 17.5. The molecule has 28 heavy (non-hydrogen) atoms. The van der Waals surface area contributed by atoms with Crippen molar-refractivity contribution < 1.29 is 9.53 Å². The summed E-state index contributed by atoms with van der Waals surface area (Å²) in [6.45, 7) is -0.0166. The van der Waals surface area contributed by atoms with Gasteiger partial charge >= 0.3 is 0 Å². The average molecular weight is 377 g/mol. The second kappa shape index (κ2) is 7.12. The van der Waals surface area contributed by atoms with E-state index in [-0.39, 0.29) is 18.1 Å². The fourth-order valence-corrected chi connectivity index (χ4v) is 5.94.